The molecule has 0 bridgehead atoms. The fraction of sp³-hybridized carbons (Fsp3) is 0.769. The van der Waals surface area contributed by atoms with Crippen LogP contribution in [0.5, 0.6) is 0 Å². The van der Waals surface area contributed by atoms with Crippen LogP contribution < -0.4 is 0 Å². The van der Waals surface area contributed by atoms with Crippen molar-refractivity contribution in [3.8, 4) is 0 Å². The number of unbranched alkanes of at least 4 members (excludes halogenated alkanes) is 5. The molecule has 0 aliphatic carbocycles. The zero-order valence-electron chi connectivity index (χ0n) is 19.4. The minimum Gasteiger partial charge on any atom is -0.0654 e. The summed E-state index contributed by atoms with van der Waals surface area (Å²) in [7, 11) is 0. The van der Waals surface area contributed by atoms with Crippen molar-refractivity contribution in [2.75, 3.05) is 0 Å². The van der Waals surface area contributed by atoms with Crippen LogP contribution in [0.25, 0.3) is 0 Å². The molecule has 0 fully saturated rings. The van der Waals surface area contributed by atoms with Gasteiger partial charge in [-0.15, -0.1) is 0 Å². The second kappa shape index (κ2) is 10.5. The second-order valence-electron chi connectivity index (χ2n) is 10.8. The van der Waals surface area contributed by atoms with Crippen molar-refractivity contribution in [3.05, 3.63) is 34.3 Å². The average molecular weight is 438 g/mol. The second-order valence-corrected chi connectivity index (χ2v) is 11.8. The maximum Gasteiger partial charge on any atom is 0.0178 e. The molecule has 0 saturated carbocycles. The number of rotatable bonds is 11. The van der Waals surface area contributed by atoms with Crippen LogP contribution in [0.15, 0.2) is 28.7 Å². The third-order valence-corrected chi connectivity index (χ3v) is 7.62. The lowest BCUT2D eigenvalue weighted by atomic mass is 9.58. The van der Waals surface area contributed by atoms with Gasteiger partial charge in [-0.05, 0) is 52.7 Å². The van der Waals surface area contributed by atoms with Gasteiger partial charge in [-0.1, -0.05) is 122 Å². The SMILES string of the molecule is CCCCCCCCC(CC(C)(C)C(C)(C)c1cccc(Br)c1)C(C)(C)C. The van der Waals surface area contributed by atoms with E-state index in [0.29, 0.717) is 5.41 Å². The van der Waals surface area contributed by atoms with Crippen LogP contribution in [0.1, 0.15) is 112 Å². The summed E-state index contributed by atoms with van der Waals surface area (Å²) in [6.07, 6.45) is 11.0. The van der Waals surface area contributed by atoms with E-state index in [1.807, 2.05) is 0 Å². The molecule has 27 heavy (non-hydrogen) atoms. The number of hydrogen-bond donors (Lipinski definition) is 0. The Morgan fingerprint density at radius 2 is 1.44 bits per heavy atom. The van der Waals surface area contributed by atoms with Gasteiger partial charge in [0, 0.05) is 4.47 Å². The van der Waals surface area contributed by atoms with E-state index < -0.39 is 0 Å². The van der Waals surface area contributed by atoms with Crippen molar-refractivity contribution in [3.63, 3.8) is 0 Å². The molecule has 1 aromatic carbocycles. The Morgan fingerprint density at radius 3 is 2.00 bits per heavy atom. The minimum atomic E-state index is 0.140. The van der Waals surface area contributed by atoms with Gasteiger partial charge in [-0.3, -0.25) is 0 Å². The van der Waals surface area contributed by atoms with Crippen LogP contribution in [0.4, 0.5) is 0 Å². The van der Waals surface area contributed by atoms with E-state index in [1.165, 1.54) is 61.4 Å². The van der Waals surface area contributed by atoms with Crippen molar-refractivity contribution in [2.24, 2.45) is 16.7 Å². The molecule has 1 atom stereocenters. The van der Waals surface area contributed by atoms with Crippen LogP contribution in [-0.4, -0.2) is 0 Å². The molecule has 0 spiro atoms. The Balaban J connectivity index is 2.82. The lowest BCUT2D eigenvalue weighted by molar-refractivity contribution is 0.0894. The van der Waals surface area contributed by atoms with E-state index in [0.717, 1.165) is 5.92 Å². The smallest absolute Gasteiger partial charge is 0.0178 e. The lowest BCUT2D eigenvalue weighted by Gasteiger charge is -2.47. The van der Waals surface area contributed by atoms with Crippen molar-refractivity contribution in [1.29, 1.82) is 0 Å². The summed E-state index contributed by atoms with van der Waals surface area (Å²) in [6.45, 7) is 19.4. The maximum atomic E-state index is 3.66. The summed E-state index contributed by atoms with van der Waals surface area (Å²) in [4.78, 5) is 0. The number of benzene rings is 1. The first-order valence-corrected chi connectivity index (χ1v) is 12.0. The molecule has 0 N–H and O–H groups in total. The van der Waals surface area contributed by atoms with E-state index in [2.05, 4.69) is 95.6 Å². The number of hydrogen-bond acceptors (Lipinski definition) is 0. The molecule has 0 aliphatic heterocycles. The van der Waals surface area contributed by atoms with Gasteiger partial charge < -0.3 is 0 Å². The summed E-state index contributed by atoms with van der Waals surface area (Å²) in [5, 5.41) is 0. The Labute approximate surface area is 179 Å². The zero-order chi connectivity index (χ0) is 20.7. The van der Waals surface area contributed by atoms with Gasteiger partial charge in [0.05, 0.1) is 0 Å². The molecule has 1 rings (SSSR count). The summed E-state index contributed by atoms with van der Waals surface area (Å²) in [5.41, 5.74) is 2.19. The largest absolute Gasteiger partial charge is 0.0654 e. The highest BCUT2D eigenvalue weighted by Crippen LogP contribution is 2.49. The first-order chi connectivity index (χ1) is 12.4. The minimum absolute atomic E-state index is 0.140. The molecule has 1 unspecified atom stereocenters. The first-order valence-electron chi connectivity index (χ1n) is 11.2. The molecule has 1 heteroatoms. The predicted molar refractivity (Wildman–Crippen MR) is 127 cm³/mol. The summed E-state index contributed by atoms with van der Waals surface area (Å²) in [5.74, 6) is 0.769. The van der Waals surface area contributed by atoms with Gasteiger partial charge >= 0.3 is 0 Å². The summed E-state index contributed by atoms with van der Waals surface area (Å²) in [6, 6.07) is 8.91. The highest BCUT2D eigenvalue weighted by molar-refractivity contribution is 9.10. The van der Waals surface area contributed by atoms with Crippen molar-refractivity contribution in [2.45, 2.75) is 112 Å². The molecule has 0 amide bonds. The van der Waals surface area contributed by atoms with Gasteiger partial charge in [0.1, 0.15) is 0 Å². The molecule has 0 saturated heterocycles. The lowest BCUT2D eigenvalue weighted by Crippen LogP contribution is -2.40. The molecule has 0 aliphatic rings. The Bertz CT molecular complexity index is 548. The molecule has 0 nitrogen and oxygen atoms in total. The summed E-state index contributed by atoms with van der Waals surface area (Å²) < 4.78 is 1.18. The monoisotopic (exact) mass is 436 g/mol. The van der Waals surface area contributed by atoms with Gasteiger partial charge in [0.15, 0.2) is 0 Å². The normalized spacial score (nSPS) is 14.4. The first kappa shape index (κ1) is 24.7. The topological polar surface area (TPSA) is 0 Å². The van der Waals surface area contributed by atoms with Crippen molar-refractivity contribution < 1.29 is 0 Å². The quantitative estimate of drug-likeness (QED) is 0.302. The highest BCUT2D eigenvalue weighted by atomic mass is 79.9. The predicted octanol–water partition coefficient (Wildman–Crippen LogP) is 9.56. The van der Waals surface area contributed by atoms with E-state index in [4.69, 9.17) is 0 Å². The standard InChI is InChI=1S/C26H45Br/c1-9-10-11-12-13-14-16-22(24(2,3)4)20-25(5,6)26(7,8)21-17-15-18-23(27)19-21/h15,17-19,22H,9-14,16,20H2,1-8H3. The number of halogens is 1. The highest BCUT2D eigenvalue weighted by Gasteiger charge is 2.41. The van der Waals surface area contributed by atoms with Crippen LogP contribution >= 0.6 is 15.9 Å². The van der Waals surface area contributed by atoms with Crippen LogP contribution in [0.3, 0.4) is 0 Å². The fourth-order valence-electron chi connectivity index (χ4n) is 4.15. The molecule has 0 radical (unpaired) electrons. The third kappa shape index (κ3) is 7.56. The van der Waals surface area contributed by atoms with Crippen LogP contribution in [0.2, 0.25) is 0 Å². The molecule has 156 valence electrons. The van der Waals surface area contributed by atoms with E-state index in [-0.39, 0.29) is 10.8 Å². The van der Waals surface area contributed by atoms with Gasteiger partial charge in [-0.2, -0.15) is 0 Å². The van der Waals surface area contributed by atoms with Crippen LogP contribution in [-0.2, 0) is 5.41 Å². The van der Waals surface area contributed by atoms with Crippen LogP contribution in [0, 0.1) is 16.7 Å². The third-order valence-electron chi connectivity index (χ3n) is 7.13. The molecular weight excluding hydrogens is 392 g/mol. The fourth-order valence-corrected chi connectivity index (χ4v) is 4.55. The maximum absolute atomic E-state index is 3.66. The zero-order valence-corrected chi connectivity index (χ0v) is 21.0. The van der Waals surface area contributed by atoms with E-state index in [1.54, 1.807) is 0 Å². The molecule has 0 heterocycles. The van der Waals surface area contributed by atoms with Crippen molar-refractivity contribution >= 4 is 15.9 Å². The van der Waals surface area contributed by atoms with Crippen molar-refractivity contribution in [1.82, 2.24) is 0 Å². The average Bonchev–Trinajstić information content (AvgIpc) is 2.55. The van der Waals surface area contributed by atoms with Gasteiger partial charge in [0.25, 0.3) is 0 Å². The Hall–Kier alpha value is -0.300. The Morgan fingerprint density at radius 1 is 0.852 bits per heavy atom. The summed E-state index contributed by atoms with van der Waals surface area (Å²) >= 11 is 3.66. The van der Waals surface area contributed by atoms with Gasteiger partial charge in [0.2, 0.25) is 0 Å². The van der Waals surface area contributed by atoms with E-state index in [9.17, 15) is 0 Å². The van der Waals surface area contributed by atoms with E-state index >= 15 is 0 Å². The molecular formula is C26H45Br. The Kier molecular flexibility index (Phi) is 9.59. The molecule has 0 aromatic heterocycles. The molecule has 1 aromatic rings. The van der Waals surface area contributed by atoms with Gasteiger partial charge in [-0.25, -0.2) is 0 Å².